The van der Waals surface area contributed by atoms with Gasteiger partial charge in [0.2, 0.25) is 0 Å². The van der Waals surface area contributed by atoms with Crippen LogP contribution in [0.1, 0.15) is 110 Å². The molecule has 1 atom stereocenters. The molecule has 0 saturated heterocycles. The van der Waals surface area contributed by atoms with Gasteiger partial charge in [-0.1, -0.05) is 96.8 Å². The number of unbranched alkanes of at least 4 members (excludes halogenated alkanes) is 14. The molecular formula is C21H42O7S. The van der Waals surface area contributed by atoms with Gasteiger partial charge >= 0.3 is 16.4 Å². The maximum Gasteiger partial charge on any atom is 0.451 e. The van der Waals surface area contributed by atoms with Crippen molar-refractivity contribution in [3.63, 3.8) is 0 Å². The highest BCUT2D eigenvalue weighted by molar-refractivity contribution is 7.82. The Hall–Kier alpha value is -0.700. The molecule has 0 aromatic heterocycles. The molecule has 0 amide bonds. The average Bonchev–Trinajstić information content (AvgIpc) is 2.68. The van der Waals surface area contributed by atoms with E-state index in [0.29, 0.717) is 6.42 Å². The summed E-state index contributed by atoms with van der Waals surface area (Å²) in [6.45, 7) is 0.959. The molecule has 0 heterocycles. The number of hydrogen-bond donors (Lipinski definition) is 2. The zero-order valence-electron chi connectivity index (χ0n) is 18.1. The molecule has 0 aliphatic rings. The van der Waals surface area contributed by atoms with Crippen molar-refractivity contribution in [3.8, 4) is 0 Å². The number of aliphatic hydroxyl groups is 2. The Kier molecular flexibility index (Phi) is 18.8. The summed E-state index contributed by atoms with van der Waals surface area (Å²) < 4.78 is 31.3. The van der Waals surface area contributed by atoms with Crippen molar-refractivity contribution in [2.75, 3.05) is 13.2 Å². The maximum absolute atomic E-state index is 11.5. The Morgan fingerprint density at radius 1 is 0.793 bits per heavy atom. The minimum absolute atomic E-state index is 0.0173. The van der Waals surface area contributed by atoms with Crippen molar-refractivity contribution in [1.29, 1.82) is 0 Å². The highest BCUT2D eigenvalue weighted by Crippen LogP contribution is 2.14. The molecule has 0 fully saturated rings. The molecule has 7 nitrogen and oxygen atoms in total. The van der Waals surface area contributed by atoms with Crippen molar-refractivity contribution >= 4 is 16.4 Å². The summed E-state index contributed by atoms with van der Waals surface area (Å²) in [5, 5.41) is 17.6. The lowest BCUT2D eigenvalue weighted by Gasteiger charge is -2.08. The van der Waals surface area contributed by atoms with Crippen LogP contribution in [0.2, 0.25) is 0 Å². The van der Waals surface area contributed by atoms with Crippen LogP contribution in [-0.2, 0) is 23.6 Å². The molecule has 0 aromatic rings. The second-order valence-electron chi connectivity index (χ2n) is 7.68. The topological polar surface area (TPSA) is 110 Å². The van der Waals surface area contributed by atoms with Crippen LogP contribution in [0, 0.1) is 0 Å². The van der Waals surface area contributed by atoms with E-state index in [1.165, 1.54) is 70.6 Å². The molecule has 0 radical (unpaired) electrons. The quantitative estimate of drug-likeness (QED) is 0.255. The summed E-state index contributed by atoms with van der Waals surface area (Å²) >= 11 is 0. The van der Waals surface area contributed by atoms with E-state index in [1.54, 1.807) is 0 Å². The van der Waals surface area contributed by atoms with E-state index in [4.69, 9.17) is 10.2 Å². The van der Waals surface area contributed by atoms with Crippen molar-refractivity contribution in [3.05, 3.63) is 0 Å². The first kappa shape index (κ1) is 28.3. The van der Waals surface area contributed by atoms with Gasteiger partial charge in [0.25, 0.3) is 0 Å². The minimum atomic E-state index is -4.48. The maximum atomic E-state index is 11.5. The molecule has 2 N–H and O–H groups in total. The molecule has 0 aromatic carbocycles. The van der Waals surface area contributed by atoms with Gasteiger partial charge in [0.15, 0.2) is 0 Å². The Morgan fingerprint density at radius 3 is 1.62 bits per heavy atom. The summed E-state index contributed by atoms with van der Waals surface area (Å²) in [4.78, 5) is 11.5. The van der Waals surface area contributed by atoms with Crippen LogP contribution in [0.5, 0.6) is 0 Å². The summed E-state index contributed by atoms with van der Waals surface area (Å²) in [5.41, 5.74) is 0. The van der Waals surface area contributed by atoms with Gasteiger partial charge in [-0.25, -0.2) is 4.18 Å². The molecule has 1 unspecified atom stereocenters. The van der Waals surface area contributed by atoms with Crippen LogP contribution in [0.25, 0.3) is 0 Å². The van der Waals surface area contributed by atoms with Gasteiger partial charge in [0.1, 0.15) is 6.10 Å². The second kappa shape index (κ2) is 19.3. The Bertz CT molecular complexity index is 479. The Balaban J connectivity index is 3.42. The van der Waals surface area contributed by atoms with Crippen molar-refractivity contribution in [2.24, 2.45) is 0 Å². The van der Waals surface area contributed by atoms with E-state index < -0.39 is 35.7 Å². The third-order valence-corrected chi connectivity index (χ3v) is 5.61. The van der Waals surface area contributed by atoms with Crippen LogP contribution in [0.15, 0.2) is 0 Å². The number of aliphatic hydroxyl groups excluding tert-OH is 2. The molecule has 0 aliphatic carbocycles. The van der Waals surface area contributed by atoms with Crippen molar-refractivity contribution in [2.45, 2.75) is 116 Å². The molecule has 174 valence electrons. The third kappa shape index (κ3) is 20.4. The van der Waals surface area contributed by atoms with E-state index in [9.17, 15) is 13.2 Å². The van der Waals surface area contributed by atoms with Crippen molar-refractivity contribution in [1.82, 2.24) is 0 Å². The van der Waals surface area contributed by atoms with E-state index in [0.717, 1.165) is 19.3 Å². The smallest absolute Gasteiger partial charge is 0.394 e. The van der Waals surface area contributed by atoms with Gasteiger partial charge in [-0.15, -0.1) is 0 Å². The monoisotopic (exact) mass is 438 g/mol. The van der Waals surface area contributed by atoms with Crippen LogP contribution in [0.3, 0.4) is 0 Å². The number of carbonyl (C=O) groups is 1. The van der Waals surface area contributed by atoms with Crippen LogP contribution in [0.4, 0.5) is 0 Å². The highest BCUT2D eigenvalue weighted by Gasteiger charge is 2.19. The molecule has 29 heavy (non-hydrogen) atoms. The SMILES string of the molecule is CCCCCCCCCCCCCCCCCC(=O)OS(=O)(=O)OCC(O)CO. The Labute approximate surface area is 177 Å². The lowest BCUT2D eigenvalue weighted by molar-refractivity contribution is -0.134. The number of carbonyl (C=O) groups excluding carboxylic acids is 1. The van der Waals surface area contributed by atoms with Gasteiger partial charge in [0, 0.05) is 6.42 Å². The van der Waals surface area contributed by atoms with Crippen LogP contribution in [-0.4, -0.2) is 43.9 Å². The molecular weight excluding hydrogens is 396 g/mol. The lowest BCUT2D eigenvalue weighted by Crippen LogP contribution is -2.24. The molecule has 0 bridgehead atoms. The highest BCUT2D eigenvalue weighted by atomic mass is 32.3. The number of hydrogen-bond acceptors (Lipinski definition) is 7. The lowest BCUT2D eigenvalue weighted by atomic mass is 10.0. The third-order valence-electron chi connectivity index (χ3n) is 4.79. The normalized spacial score (nSPS) is 12.8. The van der Waals surface area contributed by atoms with Crippen LogP contribution < -0.4 is 0 Å². The standard InChI is InChI=1S/C21H42O7S/c1-2-3-4-5-6-7-8-9-10-11-12-13-14-15-16-17-21(24)28-29(25,26)27-19-20(23)18-22/h20,22-23H,2-19H2,1H3. The van der Waals surface area contributed by atoms with Crippen molar-refractivity contribution < 1.29 is 31.8 Å². The summed E-state index contributed by atoms with van der Waals surface area (Å²) in [6.07, 6.45) is 16.9. The Morgan fingerprint density at radius 2 is 1.21 bits per heavy atom. The summed E-state index contributed by atoms with van der Waals surface area (Å²) in [7, 11) is -4.48. The first-order valence-electron chi connectivity index (χ1n) is 11.3. The fourth-order valence-electron chi connectivity index (χ4n) is 3.03. The van der Waals surface area contributed by atoms with Gasteiger partial charge in [0.05, 0.1) is 13.2 Å². The molecule has 0 saturated carbocycles. The van der Waals surface area contributed by atoms with E-state index in [-0.39, 0.29) is 6.42 Å². The van der Waals surface area contributed by atoms with E-state index in [2.05, 4.69) is 15.3 Å². The first-order valence-corrected chi connectivity index (χ1v) is 12.6. The predicted molar refractivity (Wildman–Crippen MR) is 114 cm³/mol. The predicted octanol–water partition coefficient (Wildman–Crippen LogP) is 4.41. The summed E-state index contributed by atoms with van der Waals surface area (Å²) in [6, 6.07) is 0. The molecule has 0 spiro atoms. The average molecular weight is 439 g/mol. The van der Waals surface area contributed by atoms with E-state index >= 15 is 0 Å². The zero-order valence-corrected chi connectivity index (χ0v) is 19.0. The van der Waals surface area contributed by atoms with Gasteiger partial charge in [-0.3, -0.25) is 4.79 Å². The minimum Gasteiger partial charge on any atom is -0.394 e. The largest absolute Gasteiger partial charge is 0.451 e. The van der Waals surface area contributed by atoms with Crippen LogP contribution >= 0.6 is 0 Å². The fourth-order valence-corrected chi connectivity index (χ4v) is 3.72. The number of rotatable bonds is 21. The molecule has 0 rings (SSSR count). The zero-order chi connectivity index (χ0) is 21.8. The summed E-state index contributed by atoms with van der Waals surface area (Å²) in [5.74, 6) is -0.863. The fraction of sp³-hybridized carbons (Fsp3) is 0.952. The molecule has 0 aliphatic heterocycles. The van der Waals surface area contributed by atoms with Gasteiger partial charge in [-0.05, 0) is 6.42 Å². The second-order valence-corrected chi connectivity index (χ2v) is 8.90. The van der Waals surface area contributed by atoms with Gasteiger partial charge in [-0.2, -0.15) is 8.42 Å². The first-order chi connectivity index (χ1) is 13.9. The van der Waals surface area contributed by atoms with Gasteiger partial charge < -0.3 is 14.4 Å². The molecule has 8 heteroatoms. The van der Waals surface area contributed by atoms with E-state index in [1.807, 2.05) is 0 Å².